The first-order chi connectivity index (χ1) is 17.5. The van der Waals surface area contributed by atoms with E-state index < -0.39 is 60.2 Å². The number of rotatable bonds is 9. The molecule has 1 saturated carbocycles. The van der Waals surface area contributed by atoms with Crippen LogP contribution in [-0.4, -0.2) is 67.5 Å². The minimum absolute atomic E-state index is 0.0839. The number of ether oxygens (including phenoxy) is 1. The lowest BCUT2D eigenvalue weighted by molar-refractivity contribution is -0.126. The van der Waals surface area contributed by atoms with Crippen molar-refractivity contribution < 1.29 is 32.7 Å². The Morgan fingerprint density at radius 1 is 1.35 bits per heavy atom. The van der Waals surface area contributed by atoms with E-state index in [-0.39, 0.29) is 30.1 Å². The summed E-state index contributed by atoms with van der Waals surface area (Å²) < 4.78 is 48.5. The largest absolute Gasteiger partial charge is 0.480 e. The van der Waals surface area contributed by atoms with Crippen LogP contribution in [0.15, 0.2) is 23.6 Å². The highest BCUT2D eigenvalue weighted by atomic mass is 19.3. The molecular formula is C22H27F3N8O4. The van der Waals surface area contributed by atoms with Crippen LogP contribution in [-0.2, 0) is 9.59 Å². The topological polar surface area (TPSA) is 167 Å². The number of carbonyl (C=O) groups is 2. The van der Waals surface area contributed by atoms with Crippen molar-refractivity contribution in [2.75, 3.05) is 12.4 Å². The molecule has 0 aliphatic heterocycles. The van der Waals surface area contributed by atoms with Gasteiger partial charge in [0.05, 0.1) is 25.5 Å². The summed E-state index contributed by atoms with van der Waals surface area (Å²) in [4.78, 5) is 25.7. The minimum Gasteiger partial charge on any atom is -0.480 e. The molecule has 4 N–H and O–H groups in total. The van der Waals surface area contributed by atoms with Gasteiger partial charge in [-0.2, -0.15) is 9.49 Å². The van der Waals surface area contributed by atoms with Crippen LogP contribution in [0.1, 0.15) is 51.1 Å². The SMILES string of the molecule is COc1nnccc1C(C)n1cc(NC(=O)[C@@H](NC(=O)C(=N)/C(C)=N\O)C2CCC(F)(F)CC2)c(F)n1. The lowest BCUT2D eigenvalue weighted by atomic mass is 9.81. The summed E-state index contributed by atoms with van der Waals surface area (Å²) >= 11 is 0. The maximum atomic E-state index is 14.7. The molecule has 1 unspecified atom stereocenters. The maximum absolute atomic E-state index is 14.7. The second-order valence-corrected chi connectivity index (χ2v) is 8.68. The number of carbonyl (C=O) groups excluding carboxylic acids is 2. The van der Waals surface area contributed by atoms with Gasteiger partial charge in [0, 0.05) is 18.4 Å². The molecule has 0 saturated heterocycles. The number of nitrogens with one attached hydrogen (secondary N) is 3. The Labute approximate surface area is 209 Å². The number of oxime groups is 1. The minimum atomic E-state index is -2.89. The monoisotopic (exact) mass is 524 g/mol. The number of anilines is 1. The molecule has 200 valence electrons. The van der Waals surface area contributed by atoms with E-state index in [4.69, 9.17) is 15.4 Å². The zero-order valence-electron chi connectivity index (χ0n) is 20.3. The third-order valence-corrected chi connectivity index (χ3v) is 6.24. The number of hydrogen-bond donors (Lipinski definition) is 4. The quantitative estimate of drug-likeness (QED) is 0.222. The van der Waals surface area contributed by atoms with Crippen LogP contribution in [0.4, 0.5) is 18.9 Å². The van der Waals surface area contributed by atoms with Gasteiger partial charge in [0.2, 0.25) is 17.7 Å². The van der Waals surface area contributed by atoms with E-state index in [2.05, 4.69) is 31.1 Å². The van der Waals surface area contributed by atoms with Crippen molar-refractivity contribution in [1.82, 2.24) is 25.3 Å². The van der Waals surface area contributed by atoms with Crippen LogP contribution in [0.25, 0.3) is 0 Å². The summed E-state index contributed by atoms with van der Waals surface area (Å²) in [6.45, 7) is 2.90. The smallest absolute Gasteiger partial charge is 0.271 e. The molecule has 2 amide bonds. The lowest BCUT2D eigenvalue weighted by Crippen LogP contribution is -2.52. The number of nitrogens with zero attached hydrogens (tertiary/aromatic N) is 5. The van der Waals surface area contributed by atoms with Gasteiger partial charge in [-0.25, -0.2) is 8.78 Å². The molecule has 12 nitrogen and oxygen atoms in total. The van der Waals surface area contributed by atoms with Crippen molar-refractivity contribution in [3.8, 4) is 5.88 Å². The molecule has 2 aromatic heterocycles. The number of amides is 2. The Balaban J connectivity index is 1.83. The normalized spacial score (nSPS) is 17.5. The first-order valence-corrected chi connectivity index (χ1v) is 11.3. The van der Waals surface area contributed by atoms with Gasteiger partial charge in [0.15, 0.2) is 0 Å². The van der Waals surface area contributed by atoms with Gasteiger partial charge >= 0.3 is 0 Å². The first kappa shape index (κ1) is 27.5. The highest BCUT2D eigenvalue weighted by Gasteiger charge is 2.41. The molecule has 2 atom stereocenters. The van der Waals surface area contributed by atoms with Crippen molar-refractivity contribution in [3.63, 3.8) is 0 Å². The lowest BCUT2D eigenvalue weighted by Gasteiger charge is -2.33. The highest BCUT2D eigenvalue weighted by molar-refractivity contribution is 6.65. The van der Waals surface area contributed by atoms with Crippen LogP contribution in [0.5, 0.6) is 5.88 Å². The van der Waals surface area contributed by atoms with Crippen LogP contribution < -0.4 is 15.4 Å². The van der Waals surface area contributed by atoms with Gasteiger partial charge < -0.3 is 20.6 Å². The Kier molecular flexibility index (Phi) is 8.45. The summed E-state index contributed by atoms with van der Waals surface area (Å²) in [6, 6.07) is -0.311. The molecule has 0 bridgehead atoms. The second kappa shape index (κ2) is 11.3. The van der Waals surface area contributed by atoms with Crippen LogP contribution >= 0.6 is 0 Å². The Bertz CT molecular complexity index is 1190. The van der Waals surface area contributed by atoms with E-state index in [1.54, 1.807) is 13.0 Å². The summed E-state index contributed by atoms with van der Waals surface area (Å²) in [7, 11) is 1.40. The average molecular weight is 525 g/mol. The van der Waals surface area contributed by atoms with E-state index in [9.17, 15) is 22.8 Å². The highest BCUT2D eigenvalue weighted by Crippen LogP contribution is 2.38. The third-order valence-electron chi connectivity index (χ3n) is 6.24. The molecular weight excluding hydrogens is 497 g/mol. The Hall–Kier alpha value is -4.04. The molecule has 0 radical (unpaired) electrons. The number of methoxy groups -OCH3 is 1. The maximum Gasteiger partial charge on any atom is 0.271 e. The Morgan fingerprint density at radius 3 is 2.65 bits per heavy atom. The molecule has 1 fully saturated rings. The third kappa shape index (κ3) is 6.40. The molecule has 15 heteroatoms. The summed E-state index contributed by atoms with van der Waals surface area (Å²) in [5, 5.41) is 35.5. The molecule has 1 aliphatic carbocycles. The molecule has 1 aliphatic rings. The van der Waals surface area contributed by atoms with Crippen molar-refractivity contribution in [2.45, 2.75) is 57.5 Å². The van der Waals surface area contributed by atoms with Gasteiger partial charge in [0.1, 0.15) is 23.2 Å². The number of alkyl halides is 2. The molecule has 3 rings (SSSR count). The number of halogens is 3. The average Bonchev–Trinajstić information content (AvgIpc) is 3.25. The zero-order chi connectivity index (χ0) is 27.3. The van der Waals surface area contributed by atoms with Gasteiger partial charge in [-0.15, -0.1) is 10.2 Å². The van der Waals surface area contributed by atoms with Gasteiger partial charge in [-0.3, -0.25) is 19.7 Å². The molecule has 2 heterocycles. The zero-order valence-corrected chi connectivity index (χ0v) is 20.3. The number of hydrogen-bond acceptors (Lipinski definition) is 9. The van der Waals surface area contributed by atoms with Crippen LogP contribution in [0, 0.1) is 17.3 Å². The van der Waals surface area contributed by atoms with E-state index in [0.29, 0.717) is 5.56 Å². The predicted molar refractivity (Wildman–Crippen MR) is 125 cm³/mol. The van der Waals surface area contributed by atoms with Crippen molar-refractivity contribution >= 4 is 28.9 Å². The van der Waals surface area contributed by atoms with Crippen molar-refractivity contribution in [2.24, 2.45) is 11.1 Å². The van der Waals surface area contributed by atoms with Crippen LogP contribution in [0.2, 0.25) is 0 Å². The summed E-state index contributed by atoms with van der Waals surface area (Å²) in [6.07, 6.45) is 1.52. The summed E-state index contributed by atoms with van der Waals surface area (Å²) in [5.74, 6) is -6.32. The van der Waals surface area contributed by atoms with E-state index in [1.807, 2.05) is 0 Å². The van der Waals surface area contributed by atoms with Gasteiger partial charge in [0.25, 0.3) is 11.9 Å². The molecule has 0 spiro atoms. The van der Waals surface area contributed by atoms with Crippen molar-refractivity contribution in [1.29, 1.82) is 5.41 Å². The van der Waals surface area contributed by atoms with Crippen LogP contribution in [0.3, 0.4) is 0 Å². The molecule has 0 aromatic carbocycles. The fourth-order valence-corrected chi connectivity index (χ4v) is 4.03. The molecule has 2 aromatic rings. The molecule has 37 heavy (non-hydrogen) atoms. The van der Waals surface area contributed by atoms with E-state index in [1.165, 1.54) is 31.1 Å². The van der Waals surface area contributed by atoms with Gasteiger partial charge in [-0.05, 0) is 38.7 Å². The van der Waals surface area contributed by atoms with E-state index in [0.717, 1.165) is 0 Å². The second-order valence-electron chi connectivity index (χ2n) is 8.68. The fraction of sp³-hybridized carbons (Fsp3) is 0.500. The van der Waals surface area contributed by atoms with E-state index >= 15 is 0 Å². The number of aromatic nitrogens is 4. The summed E-state index contributed by atoms with van der Waals surface area (Å²) in [5.41, 5.74) is -0.782. The van der Waals surface area contributed by atoms with Crippen molar-refractivity contribution in [3.05, 3.63) is 30.0 Å². The fourth-order valence-electron chi connectivity index (χ4n) is 4.03. The Morgan fingerprint density at radius 2 is 2.03 bits per heavy atom. The predicted octanol–water partition coefficient (Wildman–Crippen LogP) is 2.55. The standard InChI is InChI=1S/C22H27F3N8O4/c1-11(32-36)16(26)19(34)29-17(13-4-7-22(24,25)8-5-13)20(35)28-15-10-33(31-18(15)23)12(2)14-6-9-27-30-21(14)37-3/h6,9-10,12-13,17,26,36H,4-5,7-8H2,1-3H3,(H,28,35)(H,29,34)/b26-16?,32-11-/t12?,17-/m0/s1. The first-order valence-electron chi connectivity index (χ1n) is 11.3. The van der Waals surface area contributed by atoms with Gasteiger partial charge in [-0.1, -0.05) is 5.16 Å².